The molecule has 1 aromatic rings. The van der Waals surface area contributed by atoms with Crippen LogP contribution >= 0.6 is 11.6 Å². The summed E-state index contributed by atoms with van der Waals surface area (Å²) in [7, 11) is 0. The summed E-state index contributed by atoms with van der Waals surface area (Å²) in [5, 5.41) is 4.37. The van der Waals surface area contributed by atoms with Crippen LogP contribution in [0.4, 0.5) is 0 Å². The summed E-state index contributed by atoms with van der Waals surface area (Å²) in [4.78, 5) is 0. The number of nitrogens with one attached hydrogen (secondary N) is 1. The first-order valence-corrected chi connectivity index (χ1v) is 5.96. The van der Waals surface area contributed by atoms with E-state index in [0.717, 1.165) is 18.0 Å². The van der Waals surface area contributed by atoms with Crippen molar-refractivity contribution < 1.29 is 0 Å². The predicted molar refractivity (Wildman–Crippen MR) is 67.5 cm³/mol. The Bertz CT molecular complexity index is 296. The van der Waals surface area contributed by atoms with Crippen LogP contribution in [0.15, 0.2) is 24.3 Å². The topological polar surface area (TPSA) is 12.0 Å². The van der Waals surface area contributed by atoms with Gasteiger partial charge in [0.1, 0.15) is 0 Å². The fourth-order valence-corrected chi connectivity index (χ4v) is 1.60. The monoisotopic (exact) mass is 225 g/mol. The third kappa shape index (κ3) is 4.23. The molecule has 0 aliphatic heterocycles. The molecule has 1 unspecified atom stereocenters. The van der Waals surface area contributed by atoms with Gasteiger partial charge in [-0.2, -0.15) is 0 Å². The van der Waals surface area contributed by atoms with E-state index in [9.17, 15) is 0 Å². The molecule has 0 saturated carbocycles. The van der Waals surface area contributed by atoms with Crippen molar-refractivity contribution in [3.63, 3.8) is 0 Å². The maximum Gasteiger partial charge on any atom is 0.0438 e. The van der Waals surface area contributed by atoms with E-state index >= 15 is 0 Å². The lowest BCUT2D eigenvalue weighted by Crippen LogP contribution is -2.32. The molecular weight excluding hydrogens is 206 g/mol. The lowest BCUT2D eigenvalue weighted by atomic mass is 10.1. The lowest BCUT2D eigenvalue weighted by molar-refractivity contribution is 0.430. The van der Waals surface area contributed by atoms with Crippen LogP contribution in [0.3, 0.4) is 0 Å². The summed E-state index contributed by atoms with van der Waals surface area (Å²) >= 11 is 6.07. The third-order valence-corrected chi connectivity index (χ3v) is 3.19. The van der Waals surface area contributed by atoms with Crippen LogP contribution in [0.2, 0.25) is 5.02 Å². The van der Waals surface area contributed by atoms with Crippen molar-refractivity contribution in [1.29, 1.82) is 0 Å². The molecule has 1 N–H and O–H groups in total. The van der Waals surface area contributed by atoms with Crippen LogP contribution in [0.5, 0.6) is 0 Å². The molecular formula is C13H20ClN. The number of hydrogen-bond donors (Lipinski definition) is 1. The average molecular weight is 226 g/mol. The van der Waals surface area contributed by atoms with Gasteiger partial charge in [-0.3, -0.25) is 0 Å². The van der Waals surface area contributed by atoms with Gasteiger partial charge in [0.2, 0.25) is 0 Å². The summed E-state index contributed by atoms with van der Waals surface area (Å²) in [5.74, 6) is 0.677. The van der Waals surface area contributed by atoms with E-state index < -0.39 is 0 Å². The van der Waals surface area contributed by atoms with E-state index in [1.54, 1.807) is 0 Å². The highest BCUT2D eigenvalue weighted by Gasteiger charge is 2.05. The molecule has 0 saturated heterocycles. The highest BCUT2D eigenvalue weighted by molar-refractivity contribution is 6.31. The van der Waals surface area contributed by atoms with Crippen molar-refractivity contribution >= 4 is 11.6 Å². The Morgan fingerprint density at radius 2 is 1.87 bits per heavy atom. The first-order valence-electron chi connectivity index (χ1n) is 5.58. The predicted octanol–water partition coefficient (Wildman–Crippen LogP) is 3.52. The van der Waals surface area contributed by atoms with Gasteiger partial charge in [0, 0.05) is 11.1 Å². The number of rotatable bonds is 5. The molecule has 2 heteroatoms. The van der Waals surface area contributed by atoms with Crippen LogP contribution in [-0.4, -0.2) is 12.6 Å². The van der Waals surface area contributed by atoms with Gasteiger partial charge in [-0.05, 0) is 37.4 Å². The van der Waals surface area contributed by atoms with Crippen molar-refractivity contribution in [2.75, 3.05) is 6.54 Å². The summed E-state index contributed by atoms with van der Waals surface area (Å²) < 4.78 is 0. The third-order valence-electron chi connectivity index (χ3n) is 2.82. The smallest absolute Gasteiger partial charge is 0.0438 e. The van der Waals surface area contributed by atoms with Gasteiger partial charge in [0.15, 0.2) is 0 Å². The summed E-state index contributed by atoms with van der Waals surface area (Å²) in [6.45, 7) is 7.67. The molecule has 1 atom stereocenters. The molecule has 0 aliphatic rings. The molecule has 1 nitrogen and oxygen atoms in total. The van der Waals surface area contributed by atoms with Gasteiger partial charge in [-0.15, -0.1) is 0 Å². The highest BCUT2D eigenvalue weighted by atomic mass is 35.5. The Morgan fingerprint density at radius 3 is 2.47 bits per heavy atom. The Labute approximate surface area is 97.8 Å². The zero-order chi connectivity index (χ0) is 11.3. The van der Waals surface area contributed by atoms with Crippen molar-refractivity contribution in [3.8, 4) is 0 Å². The minimum Gasteiger partial charge on any atom is -0.314 e. The SMILES string of the molecule is CC(C)C(C)NCCc1ccccc1Cl. The molecule has 1 rings (SSSR count). The Morgan fingerprint density at radius 1 is 1.20 bits per heavy atom. The van der Waals surface area contributed by atoms with Gasteiger partial charge in [0.25, 0.3) is 0 Å². The lowest BCUT2D eigenvalue weighted by Gasteiger charge is -2.17. The van der Waals surface area contributed by atoms with Crippen molar-refractivity contribution in [1.82, 2.24) is 5.32 Å². The molecule has 0 bridgehead atoms. The first-order chi connectivity index (χ1) is 7.11. The van der Waals surface area contributed by atoms with Crippen LogP contribution < -0.4 is 5.32 Å². The van der Waals surface area contributed by atoms with Crippen molar-refractivity contribution in [2.45, 2.75) is 33.2 Å². The summed E-state index contributed by atoms with van der Waals surface area (Å²) in [6.07, 6.45) is 0.997. The van der Waals surface area contributed by atoms with Crippen molar-refractivity contribution in [2.24, 2.45) is 5.92 Å². The first kappa shape index (κ1) is 12.5. The average Bonchev–Trinajstić information content (AvgIpc) is 2.20. The molecule has 0 aromatic heterocycles. The Hall–Kier alpha value is -0.530. The van der Waals surface area contributed by atoms with Gasteiger partial charge in [-0.1, -0.05) is 43.6 Å². The zero-order valence-electron chi connectivity index (χ0n) is 9.76. The molecule has 0 aliphatic carbocycles. The summed E-state index contributed by atoms with van der Waals surface area (Å²) in [6, 6.07) is 8.60. The summed E-state index contributed by atoms with van der Waals surface area (Å²) in [5.41, 5.74) is 1.22. The molecule has 0 fully saturated rings. The van der Waals surface area contributed by atoms with Crippen molar-refractivity contribution in [3.05, 3.63) is 34.9 Å². The van der Waals surface area contributed by atoms with Gasteiger partial charge in [0.05, 0.1) is 0 Å². The van der Waals surface area contributed by atoms with E-state index in [1.807, 2.05) is 18.2 Å². The highest BCUT2D eigenvalue weighted by Crippen LogP contribution is 2.14. The molecule has 15 heavy (non-hydrogen) atoms. The quantitative estimate of drug-likeness (QED) is 0.809. The van der Waals surface area contributed by atoms with Crippen LogP contribution in [-0.2, 0) is 6.42 Å². The van der Waals surface area contributed by atoms with Crippen LogP contribution in [0, 0.1) is 5.92 Å². The molecule has 0 amide bonds. The number of benzene rings is 1. The van der Waals surface area contributed by atoms with E-state index in [0.29, 0.717) is 12.0 Å². The Balaban J connectivity index is 2.35. The fourth-order valence-electron chi connectivity index (χ4n) is 1.37. The van der Waals surface area contributed by atoms with Gasteiger partial charge in [-0.25, -0.2) is 0 Å². The maximum absolute atomic E-state index is 6.07. The second-order valence-electron chi connectivity index (χ2n) is 4.33. The largest absolute Gasteiger partial charge is 0.314 e. The van der Waals surface area contributed by atoms with Gasteiger partial charge < -0.3 is 5.32 Å². The van der Waals surface area contributed by atoms with E-state index in [1.165, 1.54) is 5.56 Å². The molecule has 0 spiro atoms. The second-order valence-corrected chi connectivity index (χ2v) is 4.74. The van der Waals surface area contributed by atoms with Gasteiger partial charge >= 0.3 is 0 Å². The second kappa shape index (κ2) is 6.14. The van der Waals surface area contributed by atoms with Crippen LogP contribution in [0.1, 0.15) is 26.3 Å². The molecule has 0 radical (unpaired) electrons. The minimum atomic E-state index is 0.562. The molecule has 0 heterocycles. The molecule has 84 valence electrons. The van der Waals surface area contributed by atoms with Crippen LogP contribution in [0.25, 0.3) is 0 Å². The molecule has 1 aromatic carbocycles. The zero-order valence-corrected chi connectivity index (χ0v) is 10.5. The van der Waals surface area contributed by atoms with E-state index in [-0.39, 0.29) is 0 Å². The maximum atomic E-state index is 6.07. The normalized spacial score (nSPS) is 13.1. The van der Waals surface area contributed by atoms with E-state index in [2.05, 4.69) is 32.2 Å². The fraction of sp³-hybridized carbons (Fsp3) is 0.538. The minimum absolute atomic E-state index is 0.562. The van der Waals surface area contributed by atoms with E-state index in [4.69, 9.17) is 11.6 Å². The number of hydrogen-bond acceptors (Lipinski definition) is 1. The number of halogens is 1. The Kier molecular flexibility index (Phi) is 5.13. The standard InChI is InChI=1S/C13H20ClN/c1-10(2)11(3)15-9-8-12-6-4-5-7-13(12)14/h4-7,10-11,15H,8-9H2,1-3H3.